The summed E-state index contributed by atoms with van der Waals surface area (Å²) < 4.78 is 0. The van der Waals surface area contributed by atoms with E-state index in [4.69, 9.17) is 0 Å². The van der Waals surface area contributed by atoms with Crippen molar-refractivity contribution in [2.75, 3.05) is 13.6 Å². The number of rotatable bonds is 15. The molecule has 2 unspecified atom stereocenters. The predicted molar refractivity (Wildman–Crippen MR) is 143 cm³/mol. The van der Waals surface area contributed by atoms with Gasteiger partial charge in [0.05, 0.1) is 0 Å². The van der Waals surface area contributed by atoms with Gasteiger partial charge in [-0.25, -0.2) is 0 Å². The number of hydrogen-bond donors (Lipinski definition) is 0. The second-order valence-electron chi connectivity index (χ2n) is 9.84. The Morgan fingerprint density at radius 2 is 1.27 bits per heavy atom. The Morgan fingerprint density at radius 1 is 0.697 bits per heavy atom. The molecule has 0 radical (unpaired) electrons. The van der Waals surface area contributed by atoms with E-state index in [9.17, 15) is 0 Å². The van der Waals surface area contributed by atoms with Gasteiger partial charge in [-0.3, -0.25) is 0 Å². The zero-order valence-electron chi connectivity index (χ0n) is 21.4. The molecule has 2 nitrogen and oxygen atoms in total. The molecule has 33 heavy (non-hydrogen) atoms. The van der Waals surface area contributed by atoms with Gasteiger partial charge in [0.1, 0.15) is 5.66 Å². The molecule has 1 aliphatic rings. The van der Waals surface area contributed by atoms with Crippen molar-refractivity contribution in [2.45, 2.75) is 96.1 Å². The molecule has 2 aromatic carbocycles. The van der Waals surface area contributed by atoms with Crippen molar-refractivity contribution in [1.82, 2.24) is 9.80 Å². The smallest absolute Gasteiger partial charge is 0.123 e. The Bertz CT molecular complexity index is 800. The third-order valence-electron chi connectivity index (χ3n) is 7.56. The van der Waals surface area contributed by atoms with E-state index in [2.05, 4.69) is 104 Å². The summed E-state index contributed by atoms with van der Waals surface area (Å²) in [4.78, 5) is 5.16. The van der Waals surface area contributed by atoms with Crippen molar-refractivity contribution in [2.24, 2.45) is 0 Å². The molecule has 180 valence electrons. The maximum absolute atomic E-state index is 2.67. The zero-order chi connectivity index (χ0) is 23.4. The van der Waals surface area contributed by atoms with Crippen LogP contribution in [0.3, 0.4) is 0 Å². The Kier molecular flexibility index (Phi) is 10.4. The molecule has 0 fully saturated rings. The van der Waals surface area contributed by atoms with Crippen LogP contribution >= 0.6 is 0 Å². The zero-order valence-corrected chi connectivity index (χ0v) is 21.4. The predicted octanol–water partition coefficient (Wildman–Crippen LogP) is 8.37. The van der Waals surface area contributed by atoms with E-state index >= 15 is 0 Å². The third kappa shape index (κ3) is 6.65. The molecule has 1 aliphatic heterocycles. The largest absolute Gasteiger partial charge is 0.356 e. The van der Waals surface area contributed by atoms with Crippen LogP contribution < -0.4 is 0 Å². The summed E-state index contributed by atoms with van der Waals surface area (Å²) >= 11 is 0. The van der Waals surface area contributed by atoms with E-state index < -0.39 is 0 Å². The second kappa shape index (κ2) is 13.5. The Balaban J connectivity index is 1.70. The molecule has 3 rings (SSSR count). The van der Waals surface area contributed by atoms with Crippen molar-refractivity contribution < 1.29 is 0 Å². The van der Waals surface area contributed by atoms with E-state index in [1.165, 1.54) is 68.9 Å². The van der Waals surface area contributed by atoms with Crippen molar-refractivity contribution in [3.8, 4) is 0 Å². The third-order valence-corrected chi connectivity index (χ3v) is 7.56. The first kappa shape index (κ1) is 25.4. The van der Waals surface area contributed by atoms with Crippen LogP contribution in [0.5, 0.6) is 0 Å². The van der Waals surface area contributed by atoms with Crippen LogP contribution in [0.4, 0.5) is 0 Å². The van der Waals surface area contributed by atoms with Gasteiger partial charge >= 0.3 is 0 Å². The van der Waals surface area contributed by atoms with Gasteiger partial charge in [0.2, 0.25) is 0 Å². The van der Waals surface area contributed by atoms with Crippen molar-refractivity contribution in [1.29, 1.82) is 0 Å². The lowest BCUT2D eigenvalue weighted by Crippen LogP contribution is -2.58. The highest BCUT2D eigenvalue weighted by Gasteiger charge is 2.47. The standard InChI is InChI=1S/C31H46N2/c1-4-6-7-8-9-10-11-12-19-24-33-26-25-32(3)31(33,27-28-20-15-13-16-21-28)30(5-2)29-22-17-14-18-23-29/h13-18,20-23,25-26,30H,4-12,19,24,27H2,1-3H3. The lowest BCUT2D eigenvalue weighted by atomic mass is 9.78. The van der Waals surface area contributed by atoms with Crippen LogP contribution in [0.15, 0.2) is 73.1 Å². The average molecular weight is 447 g/mol. The fourth-order valence-corrected chi connectivity index (χ4v) is 5.71. The van der Waals surface area contributed by atoms with E-state index in [1.54, 1.807) is 0 Å². The minimum atomic E-state index is -0.0579. The maximum Gasteiger partial charge on any atom is 0.123 e. The van der Waals surface area contributed by atoms with E-state index in [0.29, 0.717) is 5.92 Å². The van der Waals surface area contributed by atoms with Crippen LogP contribution in [-0.2, 0) is 6.42 Å². The van der Waals surface area contributed by atoms with Crippen molar-refractivity contribution in [3.63, 3.8) is 0 Å². The highest BCUT2D eigenvalue weighted by Crippen LogP contribution is 2.44. The van der Waals surface area contributed by atoms with Gasteiger partial charge in [0.15, 0.2) is 0 Å². The molecule has 2 atom stereocenters. The summed E-state index contributed by atoms with van der Waals surface area (Å²) in [6.07, 6.45) is 19.2. The maximum atomic E-state index is 2.67. The normalized spacial score (nSPS) is 18.8. The van der Waals surface area contributed by atoms with Gasteiger partial charge in [0.25, 0.3) is 0 Å². The second-order valence-corrected chi connectivity index (χ2v) is 9.84. The molecule has 0 spiro atoms. The molecule has 2 heteroatoms. The summed E-state index contributed by atoms with van der Waals surface area (Å²) in [6, 6.07) is 22.2. The van der Waals surface area contributed by atoms with E-state index in [0.717, 1.165) is 19.4 Å². The Labute approximate surface area is 203 Å². The number of nitrogens with zero attached hydrogens (tertiary/aromatic N) is 2. The quantitative estimate of drug-likeness (QED) is 0.253. The van der Waals surface area contributed by atoms with E-state index in [-0.39, 0.29) is 5.66 Å². The van der Waals surface area contributed by atoms with Crippen LogP contribution in [0.25, 0.3) is 0 Å². The molecular weight excluding hydrogens is 400 g/mol. The molecule has 0 saturated heterocycles. The van der Waals surface area contributed by atoms with Gasteiger partial charge in [-0.15, -0.1) is 0 Å². The summed E-state index contributed by atoms with van der Waals surface area (Å²) in [5.74, 6) is 0.442. The minimum Gasteiger partial charge on any atom is -0.356 e. The molecular formula is C31H46N2. The topological polar surface area (TPSA) is 6.48 Å². The minimum absolute atomic E-state index is 0.0579. The van der Waals surface area contributed by atoms with Gasteiger partial charge < -0.3 is 9.80 Å². The van der Waals surface area contributed by atoms with Crippen LogP contribution in [0.1, 0.15) is 95.1 Å². The highest BCUT2D eigenvalue weighted by molar-refractivity contribution is 5.30. The number of likely N-dealkylation sites (N-methyl/N-ethyl adjacent to an activating group) is 1. The highest BCUT2D eigenvalue weighted by atomic mass is 15.4. The molecule has 0 N–H and O–H groups in total. The molecule has 2 aromatic rings. The summed E-state index contributed by atoms with van der Waals surface area (Å²) in [5.41, 5.74) is 2.81. The monoisotopic (exact) mass is 446 g/mol. The average Bonchev–Trinajstić information content (AvgIpc) is 3.15. The van der Waals surface area contributed by atoms with Crippen LogP contribution in [0, 0.1) is 0 Å². The van der Waals surface area contributed by atoms with Gasteiger partial charge in [-0.2, -0.15) is 0 Å². The number of hydrogen-bond acceptors (Lipinski definition) is 2. The first-order valence-corrected chi connectivity index (χ1v) is 13.5. The molecule has 1 heterocycles. The van der Waals surface area contributed by atoms with Crippen molar-refractivity contribution >= 4 is 0 Å². The SMILES string of the molecule is CCCCCCCCCCCN1C=CN(C)C1(Cc1ccccc1)C(CC)c1ccccc1. The molecule has 0 bridgehead atoms. The van der Waals surface area contributed by atoms with Gasteiger partial charge in [-0.1, -0.05) is 126 Å². The first-order chi connectivity index (χ1) is 16.2. The van der Waals surface area contributed by atoms with Crippen LogP contribution in [0.2, 0.25) is 0 Å². The van der Waals surface area contributed by atoms with Gasteiger partial charge in [0, 0.05) is 38.3 Å². The Morgan fingerprint density at radius 3 is 1.88 bits per heavy atom. The first-order valence-electron chi connectivity index (χ1n) is 13.5. The number of benzene rings is 2. The lowest BCUT2D eigenvalue weighted by molar-refractivity contribution is 0.0121. The summed E-state index contributed by atoms with van der Waals surface area (Å²) in [7, 11) is 2.28. The molecule has 0 amide bonds. The number of unbranched alkanes of at least 4 members (excludes halogenated alkanes) is 8. The molecule has 0 saturated carbocycles. The molecule has 0 aromatic heterocycles. The summed E-state index contributed by atoms with van der Waals surface area (Å²) in [6.45, 7) is 5.78. The van der Waals surface area contributed by atoms with Crippen molar-refractivity contribution in [3.05, 3.63) is 84.2 Å². The lowest BCUT2D eigenvalue weighted by Gasteiger charge is -2.50. The Hall–Kier alpha value is -2.22. The fourth-order valence-electron chi connectivity index (χ4n) is 5.71. The van der Waals surface area contributed by atoms with E-state index in [1.807, 2.05) is 0 Å². The van der Waals surface area contributed by atoms with Crippen LogP contribution in [-0.4, -0.2) is 29.1 Å². The fraction of sp³-hybridized carbons (Fsp3) is 0.548. The summed E-state index contributed by atoms with van der Waals surface area (Å²) in [5, 5.41) is 0. The molecule has 0 aliphatic carbocycles. The van der Waals surface area contributed by atoms with Gasteiger partial charge in [-0.05, 0) is 24.0 Å².